The highest BCUT2D eigenvalue weighted by Gasteiger charge is 2.22. The third-order valence-corrected chi connectivity index (χ3v) is 4.53. The van der Waals surface area contributed by atoms with Crippen molar-refractivity contribution in [3.05, 3.63) is 54.6 Å². The normalized spacial score (nSPS) is 15.4. The van der Waals surface area contributed by atoms with Crippen molar-refractivity contribution in [3.63, 3.8) is 0 Å². The molecule has 128 valence electrons. The van der Waals surface area contributed by atoms with Gasteiger partial charge in [-0.1, -0.05) is 18.2 Å². The lowest BCUT2D eigenvalue weighted by atomic mass is 10.1. The number of H-pyrrole nitrogens is 1. The lowest BCUT2D eigenvalue weighted by molar-refractivity contribution is 0.143. The second-order valence-corrected chi connectivity index (χ2v) is 6.14. The van der Waals surface area contributed by atoms with Crippen LogP contribution in [0.15, 0.2) is 49.1 Å². The number of aromatic nitrogens is 3. The highest BCUT2D eigenvalue weighted by Crippen LogP contribution is 2.20. The lowest BCUT2D eigenvalue weighted by Crippen LogP contribution is -2.49. The van der Waals surface area contributed by atoms with Gasteiger partial charge in [0, 0.05) is 62.2 Å². The molecule has 1 saturated heterocycles. The van der Waals surface area contributed by atoms with Gasteiger partial charge in [0.25, 0.3) is 0 Å². The van der Waals surface area contributed by atoms with Gasteiger partial charge < -0.3 is 9.88 Å². The van der Waals surface area contributed by atoms with E-state index < -0.39 is 0 Å². The van der Waals surface area contributed by atoms with Crippen molar-refractivity contribution >= 4 is 22.8 Å². The molecule has 2 aromatic heterocycles. The summed E-state index contributed by atoms with van der Waals surface area (Å²) in [5, 5.41) is 4.05. The molecule has 25 heavy (non-hydrogen) atoms. The van der Waals surface area contributed by atoms with Crippen LogP contribution in [-0.2, 0) is 6.54 Å². The average Bonchev–Trinajstić information content (AvgIpc) is 3.06. The number of hydrogen-bond donors (Lipinski definition) is 2. The Bertz CT molecular complexity index is 854. The fourth-order valence-electron chi connectivity index (χ4n) is 3.16. The van der Waals surface area contributed by atoms with Crippen molar-refractivity contribution in [2.45, 2.75) is 6.54 Å². The van der Waals surface area contributed by atoms with E-state index in [0.29, 0.717) is 18.9 Å². The van der Waals surface area contributed by atoms with Crippen LogP contribution in [0.1, 0.15) is 5.56 Å². The van der Waals surface area contributed by atoms with Crippen molar-refractivity contribution in [2.75, 3.05) is 31.5 Å². The van der Waals surface area contributed by atoms with Crippen LogP contribution in [0.3, 0.4) is 0 Å². The van der Waals surface area contributed by atoms with Crippen molar-refractivity contribution in [2.24, 2.45) is 0 Å². The summed E-state index contributed by atoms with van der Waals surface area (Å²) >= 11 is 0. The summed E-state index contributed by atoms with van der Waals surface area (Å²) < 4.78 is 0. The minimum Gasteiger partial charge on any atom is -0.361 e. The lowest BCUT2D eigenvalue weighted by Gasteiger charge is -2.34. The minimum atomic E-state index is -0.118. The zero-order valence-electron chi connectivity index (χ0n) is 13.9. The Hall–Kier alpha value is -2.93. The molecule has 1 aromatic carbocycles. The predicted octanol–water partition coefficient (Wildman–Crippen LogP) is 2.31. The third-order valence-electron chi connectivity index (χ3n) is 4.53. The van der Waals surface area contributed by atoms with Gasteiger partial charge in [0.2, 0.25) is 0 Å². The second-order valence-electron chi connectivity index (χ2n) is 6.14. The maximum atomic E-state index is 12.3. The first-order valence-corrected chi connectivity index (χ1v) is 8.39. The number of piperazine rings is 1. The van der Waals surface area contributed by atoms with Crippen LogP contribution in [0.25, 0.3) is 10.9 Å². The average molecular weight is 336 g/mol. The van der Waals surface area contributed by atoms with E-state index in [4.69, 9.17) is 0 Å². The van der Waals surface area contributed by atoms with Crippen LogP contribution in [0.5, 0.6) is 0 Å². The highest BCUT2D eigenvalue weighted by molar-refractivity contribution is 5.88. The summed E-state index contributed by atoms with van der Waals surface area (Å²) in [5.74, 6) is 0.480. The molecule has 3 aromatic rings. The Morgan fingerprint density at radius 1 is 1.16 bits per heavy atom. The number of anilines is 1. The van der Waals surface area contributed by atoms with E-state index in [2.05, 4.69) is 49.6 Å². The first-order chi connectivity index (χ1) is 12.3. The van der Waals surface area contributed by atoms with Crippen LogP contribution >= 0.6 is 0 Å². The van der Waals surface area contributed by atoms with Crippen LogP contribution in [0, 0.1) is 0 Å². The molecule has 1 fully saturated rings. The minimum absolute atomic E-state index is 0.118. The molecule has 4 rings (SSSR count). The molecule has 2 N–H and O–H groups in total. The van der Waals surface area contributed by atoms with Gasteiger partial charge in [-0.15, -0.1) is 0 Å². The summed E-state index contributed by atoms with van der Waals surface area (Å²) in [5.41, 5.74) is 2.47. The number of para-hydroxylation sites is 1. The van der Waals surface area contributed by atoms with Gasteiger partial charge in [-0.3, -0.25) is 15.2 Å². The van der Waals surface area contributed by atoms with Crippen molar-refractivity contribution in [1.29, 1.82) is 0 Å². The van der Waals surface area contributed by atoms with Crippen molar-refractivity contribution < 1.29 is 4.79 Å². The predicted molar refractivity (Wildman–Crippen MR) is 96.2 cm³/mol. The van der Waals surface area contributed by atoms with E-state index >= 15 is 0 Å². The molecule has 0 aliphatic carbocycles. The molecule has 0 radical (unpaired) electrons. The van der Waals surface area contributed by atoms with E-state index in [1.165, 1.54) is 16.5 Å². The Morgan fingerprint density at radius 2 is 2.00 bits per heavy atom. The van der Waals surface area contributed by atoms with E-state index in [0.717, 1.165) is 19.6 Å². The smallest absolute Gasteiger partial charge is 0.323 e. The zero-order valence-corrected chi connectivity index (χ0v) is 13.9. The summed E-state index contributed by atoms with van der Waals surface area (Å²) in [7, 11) is 0. The van der Waals surface area contributed by atoms with Gasteiger partial charge in [0.05, 0.1) is 6.20 Å². The van der Waals surface area contributed by atoms with E-state index in [9.17, 15) is 4.79 Å². The summed E-state index contributed by atoms with van der Waals surface area (Å²) in [6.07, 6.45) is 6.77. The van der Waals surface area contributed by atoms with Crippen molar-refractivity contribution in [1.82, 2.24) is 24.8 Å². The molecule has 7 nitrogen and oxygen atoms in total. The van der Waals surface area contributed by atoms with Crippen LogP contribution in [-0.4, -0.2) is 57.0 Å². The SMILES string of the molecule is O=C(Nc1cnccn1)N1CCN(Cc2c[nH]c3ccccc23)CC1. The molecular weight excluding hydrogens is 316 g/mol. The molecule has 0 saturated carbocycles. The molecule has 7 heteroatoms. The number of fused-ring (bicyclic) bond motifs is 1. The molecule has 0 bridgehead atoms. The van der Waals surface area contributed by atoms with Gasteiger partial charge >= 0.3 is 6.03 Å². The number of benzene rings is 1. The molecular formula is C18H20N6O. The second kappa shape index (κ2) is 6.90. The molecule has 1 aliphatic rings. The Labute approximate surface area is 145 Å². The summed E-state index contributed by atoms with van der Waals surface area (Å²) in [6.45, 7) is 4.01. The van der Waals surface area contributed by atoms with Crippen LogP contribution in [0.2, 0.25) is 0 Å². The van der Waals surface area contributed by atoms with E-state index in [1.54, 1.807) is 18.6 Å². The maximum absolute atomic E-state index is 12.3. The van der Waals surface area contributed by atoms with Gasteiger partial charge in [-0.05, 0) is 11.6 Å². The largest absolute Gasteiger partial charge is 0.361 e. The van der Waals surface area contributed by atoms with Gasteiger partial charge in [-0.2, -0.15) is 0 Å². The molecule has 3 heterocycles. The molecule has 1 aliphatic heterocycles. The first-order valence-electron chi connectivity index (χ1n) is 8.39. The van der Waals surface area contributed by atoms with Gasteiger partial charge in [-0.25, -0.2) is 9.78 Å². The first kappa shape index (κ1) is 15.6. The van der Waals surface area contributed by atoms with E-state index in [-0.39, 0.29) is 6.03 Å². The monoisotopic (exact) mass is 336 g/mol. The maximum Gasteiger partial charge on any atom is 0.323 e. The summed E-state index contributed by atoms with van der Waals surface area (Å²) in [4.78, 5) is 27.8. The molecule has 0 atom stereocenters. The number of hydrogen-bond acceptors (Lipinski definition) is 4. The van der Waals surface area contributed by atoms with Crippen molar-refractivity contribution in [3.8, 4) is 0 Å². The summed E-state index contributed by atoms with van der Waals surface area (Å²) in [6, 6.07) is 8.22. The quantitative estimate of drug-likeness (QED) is 0.769. The number of rotatable bonds is 3. The molecule has 2 amide bonds. The van der Waals surface area contributed by atoms with Gasteiger partial charge in [0.1, 0.15) is 0 Å². The number of carbonyl (C=O) groups excluding carboxylic acids is 1. The number of nitrogens with one attached hydrogen (secondary N) is 2. The van der Waals surface area contributed by atoms with Gasteiger partial charge in [0.15, 0.2) is 5.82 Å². The fourth-order valence-corrected chi connectivity index (χ4v) is 3.16. The number of urea groups is 1. The fraction of sp³-hybridized carbons (Fsp3) is 0.278. The number of amides is 2. The standard InChI is InChI=1S/C18H20N6O/c25-18(22-17-12-19-5-6-20-17)24-9-7-23(8-10-24)13-14-11-21-16-4-2-1-3-15(14)16/h1-6,11-12,21H,7-10,13H2,(H,20,22,25). The topological polar surface area (TPSA) is 77.2 Å². The number of carbonyl (C=O) groups is 1. The Balaban J connectivity index is 1.33. The Morgan fingerprint density at radius 3 is 2.80 bits per heavy atom. The molecule has 0 unspecified atom stereocenters. The van der Waals surface area contributed by atoms with Crippen LogP contribution < -0.4 is 5.32 Å². The number of nitrogens with zero attached hydrogens (tertiary/aromatic N) is 4. The van der Waals surface area contributed by atoms with Crippen LogP contribution in [0.4, 0.5) is 10.6 Å². The van der Waals surface area contributed by atoms with E-state index in [1.807, 2.05) is 11.0 Å². The number of aromatic amines is 1. The zero-order chi connectivity index (χ0) is 17.1. The third kappa shape index (κ3) is 3.46. The Kier molecular flexibility index (Phi) is 4.30. The molecule has 0 spiro atoms. The highest BCUT2D eigenvalue weighted by atomic mass is 16.2.